The van der Waals surface area contributed by atoms with Crippen LogP contribution < -0.4 is 22.1 Å². The Balaban J connectivity index is 1.71. The third-order valence-corrected chi connectivity index (χ3v) is 7.36. The number of hydrogen-bond donors (Lipinski definition) is 4. The minimum atomic E-state index is -0.676. The fraction of sp³-hybridized carbons (Fsp3) is 0.500. The largest absolute Gasteiger partial charge is 0.369 e. The lowest BCUT2D eigenvalue weighted by molar-refractivity contribution is -0.133. The number of nitrogens with two attached hydrogens (primary N) is 2. The topological polar surface area (TPSA) is 127 Å². The van der Waals surface area contributed by atoms with Crippen molar-refractivity contribution >= 4 is 17.7 Å². The molecule has 1 aliphatic rings. The zero-order valence-corrected chi connectivity index (χ0v) is 21.7. The van der Waals surface area contributed by atoms with Crippen molar-refractivity contribution in [2.45, 2.75) is 76.3 Å². The molecule has 2 aromatic rings. The van der Waals surface area contributed by atoms with Crippen LogP contribution in [0.5, 0.6) is 0 Å². The summed E-state index contributed by atoms with van der Waals surface area (Å²) in [6, 6.07) is 19.1. The van der Waals surface area contributed by atoms with Crippen molar-refractivity contribution in [1.82, 2.24) is 10.6 Å². The molecule has 0 aromatic heterocycles. The Bertz CT molecular complexity index is 983. The molecule has 4 atom stereocenters. The van der Waals surface area contributed by atoms with Crippen molar-refractivity contribution in [1.29, 1.82) is 0 Å². The molecule has 4 unspecified atom stereocenters. The van der Waals surface area contributed by atoms with Crippen LogP contribution in [0.25, 0.3) is 0 Å². The second kappa shape index (κ2) is 15.2. The van der Waals surface area contributed by atoms with Gasteiger partial charge in [0, 0.05) is 12.0 Å². The maximum Gasteiger partial charge on any atom is 0.242 e. The Morgan fingerprint density at radius 3 is 2.14 bits per heavy atom. The van der Waals surface area contributed by atoms with Gasteiger partial charge in [0.1, 0.15) is 6.04 Å². The standard InChI is InChI=1S/C30H42N4O3/c31-20-10-9-17-27(30(37)33-26-16-8-7-15-25(26)28(32)35)34-29(36)24(21-23-13-5-2-6-14-23)19-18-22-11-3-1-4-12-22/h1-6,11-14,24-27H,7-10,15-21,31H2,(H2,32,35)(H,33,37)(H,34,36). The smallest absolute Gasteiger partial charge is 0.242 e. The lowest BCUT2D eigenvalue weighted by atomic mass is 9.84. The Morgan fingerprint density at radius 1 is 0.838 bits per heavy atom. The van der Waals surface area contributed by atoms with Gasteiger partial charge in [0.2, 0.25) is 17.7 Å². The summed E-state index contributed by atoms with van der Waals surface area (Å²) >= 11 is 0. The van der Waals surface area contributed by atoms with Crippen LogP contribution in [0.4, 0.5) is 0 Å². The highest BCUT2D eigenvalue weighted by molar-refractivity contribution is 5.89. The molecule has 7 nitrogen and oxygen atoms in total. The van der Waals surface area contributed by atoms with E-state index in [1.54, 1.807) is 0 Å². The Hall–Kier alpha value is -3.19. The summed E-state index contributed by atoms with van der Waals surface area (Å²) in [4.78, 5) is 38.9. The summed E-state index contributed by atoms with van der Waals surface area (Å²) in [6.45, 7) is 0.530. The van der Waals surface area contributed by atoms with Gasteiger partial charge in [0.05, 0.1) is 5.92 Å². The minimum Gasteiger partial charge on any atom is -0.369 e. The number of benzene rings is 2. The summed E-state index contributed by atoms with van der Waals surface area (Å²) in [5.41, 5.74) is 13.6. The number of carbonyl (C=O) groups excluding carboxylic acids is 3. The first-order chi connectivity index (χ1) is 18.0. The lowest BCUT2D eigenvalue weighted by Crippen LogP contribution is -2.54. The van der Waals surface area contributed by atoms with E-state index in [9.17, 15) is 14.4 Å². The van der Waals surface area contributed by atoms with Crippen LogP contribution in [0.3, 0.4) is 0 Å². The number of aryl methyl sites for hydroxylation is 1. The van der Waals surface area contributed by atoms with Gasteiger partial charge in [0.15, 0.2) is 0 Å². The van der Waals surface area contributed by atoms with E-state index in [0.29, 0.717) is 32.2 Å². The molecule has 3 amide bonds. The van der Waals surface area contributed by atoms with E-state index in [0.717, 1.165) is 44.1 Å². The quantitative estimate of drug-likeness (QED) is 0.293. The zero-order valence-electron chi connectivity index (χ0n) is 21.7. The molecular weight excluding hydrogens is 464 g/mol. The van der Waals surface area contributed by atoms with E-state index in [-0.39, 0.29) is 35.6 Å². The van der Waals surface area contributed by atoms with Crippen molar-refractivity contribution in [3.63, 3.8) is 0 Å². The maximum absolute atomic E-state index is 13.6. The Morgan fingerprint density at radius 2 is 1.49 bits per heavy atom. The average molecular weight is 507 g/mol. The van der Waals surface area contributed by atoms with Gasteiger partial charge in [-0.1, -0.05) is 73.5 Å². The lowest BCUT2D eigenvalue weighted by Gasteiger charge is -2.32. The minimum absolute atomic E-state index is 0.122. The van der Waals surface area contributed by atoms with Crippen LogP contribution >= 0.6 is 0 Å². The van der Waals surface area contributed by atoms with E-state index < -0.39 is 6.04 Å². The molecular formula is C30H42N4O3. The van der Waals surface area contributed by atoms with Gasteiger partial charge in [-0.25, -0.2) is 0 Å². The first-order valence-electron chi connectivity index (χ1n) is 13.7. The predicted octanol–water partition coefficient (Wildman–Crippen LogP) is 3.25. The second-order valence-corrected chi connectivity index (χ2v) is 10.2. The number of primary amides is 1. The highest BCUT2D eigenvalue weighted by atomic mass is 16.2. The van der Waals surface area contributed by atoms with Gasteiger partial charge >= 0.3 is 0 Å². The summed E-state index contributed by atoms with van der Waals surface area (Å²) in [5, 5.41) is 6.10. The van der Waals surface area contributed by atoms with Crippen LogP contribution in [0.1, 0.15) is 62.5 Å². The monoisotopic (exact) mass is 506 g/mol. The van der Waals surface area contributed by atoms with Crippen LogP contribution in [0.15, 0.2) is 60.7 Å². The summed E-state index contributed by atoms with van der Waals surface area (Å²) in [6.07, 6.45) is 7.33. The SMILES string of the molecule is NCCCCC(NC(=O)C(CCc1ccccc1)Cc1ccccc1)C(=O)NC1CCCCC1C(N)=O. The number of amides is 3. The molecule has 0 heterocycles. The van der Waals surface area contributed by atoms with Crippen molar-refractivity contribution in [3.05, 3.63) is 71.8 Å². The normalized spacial score (nSPS) is 18.9. The predicted molar refractivity (Wildman–Crippen MR) is 146 cm³/mol. The molecule has 0 bridgehead atoms. The van der Waals surface area contributed by atoms with E-state index in [1.165, 1.54) is 5.56 Å². The molecule has 200 valence electrons. The van der Waals surface area contributed by atoms with Gasteiger partial charge in [-0.15, -0.1) is 0 Å². The third-order valence-electron chi connectivity index (χ3n) is 7.36. The van der Waals surface area contributed by atoms with Gasteiger partial charge < -0.3 is 22.1 Å². The van der Waals surface area contributed by atoms with Crippen molar-refractivity contribution in [2.24, 2.45) is 23.3 Å². The van der Waals surface area contributed by atoms with Gasteiger partial charge in [-0.05, 0) is 69.0 Å². The van der Waals surface area contributed by atoms with E-state index in [2.05, 4.69) is 22.8 Å². The van der Waals surface area contributed by atoms with Crippen molar-refractivity contribution in [2.75, 3.05) is 6.54 Å². The molecule has 3 rings (SSSR count). The maximum atomic E-state index is 13.6. The zero-order chi connectivity index (χ0) is 26.5. The fourth-order valence-corrected chi connectivity index (χ4v) is 5.19. The summed E-state index contributed by atoms with van der Waals surface area (Å²) < 4.78 is 0. The average Bonchev–Trinajstić information content (AvgIpc) is 2.91. The summed E-state index contributed by atoms with van der Waals surface area (Å²) in [5.74, 6) is -1.39. The van der Waals surface area contributed by atoms with Gasteiger partial charge in [-0.3, -0.25) is 14.4 Å². The van der Waals surface area contributed by atoms with Crippen LogP contribution in [0, 0.1) is 11.8 Å². The molecule has 7 heteroatoms. The molecule has 37 heavy (non-hydrogen) atoms. The van der Waals surface area contributed by atoms with Crippen molar-refractivity contribution in [3.8, 4) is 0 Å². The fourth-order valence-electron chi connectivity index (χ4n) is 5.19. The number of unbranched alkanes of at least 4 members (excludes halogenated alkanes) is 1. The number of hydrogen-bond acceptors (Lipinski definition) is 4. The molecule has 0 aliphatic heterocycles. The van der Waals surface area contributed by atoms with Gasteiger partial charge in [-0.2, -0.15) is 0 Å². The first kappa shape index (κ1) is 28.4. The molecule has 1 fully saturated rings. The third kappa shape index (κ3) is 9.32. The van der Waals surface area contributed by atoms with E-state index in [4.69, 9.17) is 11.5 Å². The highest BCUT2D eigenvalue weighted by Gasteiger charge is 2.33. The number of carbonyl (C=O) groups is 3. The number of nitrogens with one attached hydrogen (secondary N) is 2. The molecule has 2 aromatic carbocycles. The first-order valence-corrected chi connectivity index (χ1v) is 13.7. The Labute approximate surface area is 220 Å². The van der Waals surface area contributed by atoms with E-state index >= 15 is 0 Å². The molecule has 0 spiro atoms. The van der Waals surface area contributed by atoms with Crippen molar-refractivity contribution < 1.29 is 14.4 Å². The van der Waals surface area contributed by atoms with Gasteiger partial charge in [0.25, 0.3) is 0 Å². The van der Waals surface area contributed by atoms with Crippen LogP contribution in [-0.4, -0.2) is 36.3 Å². The molecule has 6 N–H and O–H groups in total. The summed E-state index contributed by atoms with van der Waals surface area (Å²) in [7, 11) is 0. The number of rotatable bonds is 14. The van der Waals surface area contributed by atoms with Crippen LogP contribution in [0.2, 0.25) is 0 Å². The molecule has 1 aliphatic carbocycles. The molecule has 0 saturated heterocycles. The second-order valence-electron chi connectivity index (χ2n) is 10.2. The Kier molecular flexibility index (Phi) is 11.6. The van der Waals surface area contributed by atoms with E-state index in [1.807, 2.05) is 48.5 Å². The highest BCUT2D eigenvalue weighted by Crippen LogP contribution is 2.24. The molecule has 0 radical (unpaired) electrons. The molecule has 1 saturated carbocycles. The van der Waals surface area contributed by atoms with Crippen LogP contribution in [-0.2, 0) is 27.2 Å².